The van der Waals surface area contributed by atoms with Gasteiger partial charge in [0.25, 0.3) is 5.91 Å². The molecule has 0 aliphatic heterocycles. The molecular weight excluding hydrogens is 382 g/mol. The predicted octanol–water partition coefficient (Wildman–Crippen LogP) is 3.59. The van der Waals surface area contributed by atoms with Crippen molar-refractivity contribution < 1.29 is 19.1 Å². The van der Waals surface area contributed by atoms with Crippen LogP contribution in [0.3, 0.4) is 0 Å². The van der Waals surface area contributed by atoms with Crippen LogP contribution in [0.5, 0.6) is 0 Å². The third kappa shape index (κ3) is 4.63. The fourth-order valence-electron chi connectivity index (χ4n) is 3.13. The van der Waals surface area contributed by atoms with Crippen molar-refractivity contribution in [1.82, 2.24) is 10.3 Å². The standard InChI is InChI=1S/C23H23N3O4/c1-13(2)20(21(27)26-23(24)29)30-22(28)17-12-19(15-7-5-4-6-8-15)25-18-10-9-14(3)11-16(17)18/h4-13,20H,1-3H3,(H3,24,26,27,29)/t20-/m0/s1. The third-order valence-corrected chi connectivity index (χ3v) is 4.60. The number of urea groups is 1. The number of nitrogens with two attached hydrogens (primary N) is 1. The molecule has 0 spiro atoms. The molecule has 0 bridgehead atoms. The minimum atomic E-state index is -1.17. The number of ether oxygens (including phenoxy) is 1. The van der Waals surface area contributed by atoms with Crippen molar-refractivity contribution in [2.45, 2.75) is 26.9 Å². The highest BCUT2D eigenvalue weighted by atomic mass is 16.5. The second-order valence-electron chi connectivity index (χ2n) is 7.37. The molecule has 1 aromatic heterocycles. The number of aryl methyl sites for hydroxylation is 1. The van der Waals surface area contributed by atoms with Gasteiger partial charge in [0.1, 0.15) is 0 Å². The van der Waals surface area contributed by atoms with Crippen LogP contribution in [0.4, 0.5) is 4.79 Å². The molecule has 0 saturated heterocycles. The van der Waals surface area contributed by atoms with Crippen LogP contribution in [0.25, 0.3) is 22.2 Å². The van der Waals surface area contributed by atoms with Crippen LogP contribution in [0.2, 0.25) is 0 Å². The smallest absolute Gasteiger partial charge is 0.339 e. The number of benzene rings is 2. The van der Waals surface area contributed by atoms with Crippen molar-refractivity contribution in [2.75, 3.05) is 0 Å². The summed E-state index contributed by atoms with van der Waals surface area (Å²) >= 11 is 0. The van der Waals surface area contributed by atoms with Gasteiger partial charge in [-0.1, -0.05) is 55.8 Å². The van der Waals surface area contributed by atoms with E-state index in [1.807, 2.05) is 60.8 Å². The Morgan fingerprint density at radius 2 is 1.73 bits per heavy atom. The number of rotatable bonds is 5. The van der Waals surface area contributed by atoms with Crippen LogP contribution < -0.4 is 11.1 Å². The summed E-state index contributed by atoms with van der Waals surface area (Å²) in [4.78, 5) is 41.1. The van der Waals surface area contributed by atoms with E-state index >= 15 is 0 Å². The van der Waals surface area contributed by atoms with Crippen LogP contribution >= 0.6 is 0 Å². The molecule has 0 radical (unpaired) electrons. The molecule has 0 aliphatic rings. The number of aromatic nitrogens is 1. The number of carbonyl (C=O) groups excluding carboxylic acids is 3. The molecule has 0 fully saturated rings. The number of hydrogen-bond donors (Lipinski definition) is 2. The molecule has 2 aromatic carbocycles. The highest BCUT2D eigenvalue weighted by molar-refractivity contribution is 6.06. The zero-order valence-corrected chi connectivity index (χ0v) is 17.0. The van der Waals surface area contributed by atoms with Crippen LogP contribution in [0, 0.1) is 12.8 Å². The maximum atomic E-state index is 13.1. The number of pyridine rings is 1. The first-order valence-electron chi connectivity index (χ1n) is 9.54. The average Bonchev–Trinajstić information content (AvgIpc) is 2.70. The van der Waals surface area contributed by atoms with Gasteiger partial charge in [0, 0.05) is 10.9 Å². The van der Waals surface area contributed by atoms with E-state index in [0.717, 1.165) is 11.1 Å². The summed E-state index contributed by atoms with van der Waals surface area (Å²) in [6, 6.07) is 15.7. The molecule has 3 amide bonds. The van der Waals surface area contributed by atoms with Crippen LogP contribution in [0.15, 0.2) is 54.6 Å². The Morgan fingerprint density at radius 3 is 2.37 bits per heavy atom. The number of nitrogens with zero attached hydrogens (tertiary/aromatic N) is 1. The summed E-state index contributed by atoms with van der Waals surface area (Å²) in [6.45, 7) is 5.34. The molecule has 3 N–H and O–H groups in total. The normalized spacial score (nSPS) is 11.9. The topological polar surface area (TPSA) is 111 Å². The summed E-state index contributed by atoms with van der Waals surface area (Å²) in [5.74, 6) is -1.80. The van der Waals surface area contributed by atoms with E-state index in [-0.39, 0.29) is 5.92 Å². The second kappa shape index (κ2) is 8.73. The summed E-state index contributed by atoms with van der Waals surface area (Å²) in [5, 5.41) is 2.60. The van der Waals surface area contributed by atoms with Gasteiger partial charge in [0.2, 0.25) is 0 Å². The van der Waals surface area contributed by atoms with Gasteiger partial charge in [0.15, 0.2) is 6.10 Å². The Labute approximate surface area is 174 Å². The van der Waals surface area contributed by atoms with Crippen molar-refractivity contribution in [2.24, 2.45) is 11.7 Å². The van der Waals surface area contributed by atoms with Gasteiger partial charge < -0.3 is 10.5 Å². The molecule has 30 heavy (non-hydrogen) atoms. The largest absolute Gasteiger partial charge is 0.448 e. The average molecular weight is 405 g/mol. The number of esters is 1. The fraction of sp³-hybridized carbons (Fsp3) is 0.217. The van der Waals surface area contributed by atoms with Crippen molar-refractivity contribution in [3.05, 3.63) is 65.7 Å². The lowest BCUT2D eigenvalue weighted by Gasteiger charge is -2.20. The van der Waals surface area contributed by atoms with Crippen LogP contribution in [0.1, 0.15) is 29.8 Å². The molecule has 154 valence electrons. The quantitative estimate of drug-likeness (QED) is 0.630. The maximum Gasteiger partial charge on any atom is 0.339 e. The Morgan fingerprint density at radius 1 is 1.03 bits per heavy atom. The number of amides is 3. The molecule has 3 aromatic rings. The van der Waals surface area contributed by atoms with Gasteiger partial charge in [-0.2, -0.15) is 0 Å². The van der Waals surface area contributed by atoms with Crippen LogP contribution in [-0.4, -0.2) is 29.0 Å². The van der Waals surface area contributed by atoms with Crippen molar-refractivity contribution in [3.63, 3.8) is 0 Å². The van der Waals surface area contributed by atoms with Crippen LogP contribution in [-0.2, 0) is 9.53 Å². The Hall–Kier alpha value is -3.74. The molecule has 0 saturated carbocycles. The fourth-order valence-corrected chi connectivity index (χ4v) is 3.13. The first kappa shape index (κ1) is 21.0. The van der Waals surface area contributed by atoms with Gasteiger partial charge >= 0.3 is 12.0 Å². The molecule has 0 unspecified atom stereocenters. The number of imide groups is 1. The zero-order chi connectivity index (χ0) is 21.8. The Balaban J connectivity index is 2.06. The number of carbonyl (C=O) groups is 3. The summed E-state index contributed by atoms with van der Waals surface area (Å²) < 4.78 is 5.51. The van der Waals surface area contributed by atoms with Gasteiger partial charge in [0.05, 0.1) is 16.8 Å². The number of fused-ring (bicyclic) bond motifs is 1. The van der Waals surface area contributed by atoms with E-state index in [2.05, 4.69) is 4.98 Å². The molecule has 7 heteroatoms. The van der Waals surface area contributed by atoms with E-state index < -0.39 is 24.0 Å². The summed E-state index contributed by atoms with van der Waals surface area (Å²) in [5.41, 5.74) is 8.37. The lowest BCUT2D eigenvalue weighted by atomic mass is 10.0. The molecule has 1 atom stereocenters. The van der Waals surface area contributed by atoms with Crippen molar-refractivity contribution in [3.8, 4) is 11.3 Å². The summed E-state index contributed by atoms with van der Waals surface area (Å²) in [6.07, 6.45) is -1.17. The maximum absolute atomic E-state index is 13.1. The van der Waals surface area contributed by atoms with Crippen molar-refractivity contribution in [1.29, 1.82) is 0 Å². The molecule has 0 aliphatic carbocycles. The van der Waals surface area contributed by atoms with E-state index in [1.165, 1.54) is 0 Å². The third-order valence-electron chi connectivity index (χ3n) is 4.60. The molecule has 7 nitrogen and oxygen atoms in total. The van der Waals surface area contributed by atoms with E-state index in [9.17, 15) is 14.4 Å². The van der Waals surface area contributed by atoms with E-state index in [4.69, 9.17) is 10.5 Å². The van der Waals surface area contributed by atoms with Crippen molar-refractivity contribution >= 4 is 28.8 Å². The lowest BCUT2D eigenvalue weighted by molar-refractivity contribution is -0.130. The first-order valence-corrected chi connectivity index (χ1v) is 9.54. The number of hydrogen-bond acceptors (Lipinski definition) is 5. The predicted molar refractivity (Wildman–Crippen MR) is 114 cm³/mol. The highest BCUT2D eigenvalue weighted by Crippen LogP contribution is 2.27. The Kier molecular flexibility index (Phi) is 6.11. The minimum absolute atomic E-state index is 0.292. The number of primary amides is 1. The zero-order valence-electron chi connectivity index (χ0n) is 17.0. The monoisotopic (exact) mass is 405 g/mol. The van der Waals surface area contributed by atoms with Gasteiger partial charge in [-0.15, -0.1) is 0 Å². The molecular formula is C23H23N3O4. The van der Waals surface area contributed by atoms with Gasteiger partial charge in [-0.3, -0.25) is 10.1 Å². The van der Waals surface area contributed by atoms with E-state index in [1.54, 1.807) is 19.9 Å². The molecule has 1 heterocycles. The summed E-state index contributed by atoms with van der Waals surface area (Å²) in [7, 11) is 0. The SMILES string of the molecule is Cc1ccc2nc(-c3ccccc3)cc(C(=O)O[C@H](C(=O)NC(N)=O)C(C)C)c2c1. The van der Waals surface area contributed by atoms with Gasteiger partial charge in [-0.25, -0.2) is 14.6 Å². The number of nitrogens with one attached hydrogen (secondary N) is 1. The Bertz CT molecular complexity index is 1110. The van der Waals surface area contributed by atoms with Gasteiger partial charge in [-0.05, 0) is 31.0 Å². The molecule has 3 rings (SSSR count). The second-order valence-corrected chi connectivity index (χ2v) is 7.37. The van der Waals surface area contributed by atoms with E-state index in [0.29, 0.717) is 22.2 Å². The first-order chi connectivity index (χ1) is 14.3. The minimum Gasteiger partial charge on any atom is -0.448 e. The lowest BCUT2D eigenvalue weighted by Crippen LogP contribution is -2.45. The highest BCUT2D eigenvalue weighted by Gasteiger charge is 2.29.